The molecule has 1 saturated heterocycles. The SMILES string of the molecule is CCC(C)(CNC(=O)NCCC1CCOC1)C(=O)O. The summed E-state index contributed by atoms with van der Waals surface area (Å²) in [5, 5.41) is 14.4. The molecule has 6 heteroatoms. The van der Waals surface area contributed by atoms with Gasteiger partial charge in [-0.05, 0) is 32.1 Å². The molecule has 3 N–H and O–H groups in total. The second kappa shape index (κ2) is 7.33. The largest absolute Gasteiger partial charge is 0.481 e. The number of carboxylic acids is 1. The fourth-order valence-corrected chi connectivity index (χ4v) is 1.89. The smallest absolute Gasteiger partial charge is 0.314 e. The number of hydrogen-bond acceptors (Lipinski definition) is 3. The van der Waals surface area contributed by atoms with Crippen LogP contribution in [0.1, 0.15) is 33.1 Å². The van der Waals surface area contributed by atoms with E-state index < -0.39 is 11.4 Å². The molecule has 1 aliphatic rings. The molecule has 0 spiro atoms. The van der Waals surface area contributed by atoms with E-state index in [1.54, 1.807) is 13.8 Å². The Morgan fingerprint density at radius 3 is 2.68 bits per heavy atom. The van der Waals surface area contributed by atoms with E-state index >= 15 is 0 Å². The van der Waals surface area contributed by atoms with E-state index in [0.717, 1.165) is 26.1 Å². The lowest BCUT2D eigenvalue weighted by molar-refractivity contribution is -0.147. The number of carbonyl (C=O) groups excluding carboxylic acids is 1. The van der Waals surface area contributed by atoms with Crippen molar-refractivity contribution in [3.05, 3.63) is 0 Å². The fraction of sp³-hybridized carbons (Fsp3) is 0.846. The van der Waals surface area contributed by atoms with Gasteiger partial charge in [0.15, 0.2) is 0 Å². The van der Waals surface area contributed by atoms with E-state index in [4.69, 9.17) is 9.84 Å². The van der Waals surface area contributed by atoms with Gasteiger partial charge >= 0.3 is 12.0 Å². The molecule has 6 nitrogen and oxygen atoms in total. The number of aliphatic carboxylic acids is 1. The minimum absolute atomic E-state index is 0.136. The van der Waals surface area contributed by atoms with Crippen molar-refractivity contribution in [3.63, 3.8) is 0 Å². The lowest BCUT2D eigenvalue weighted by Crippen LogP contribution is -2.45. The maximum Gasteiger partial charge on any atom is 0.314 e. The maximum atomic E-state index is 11.6. The summed E-state index contributed by atoms with van der Waals surface area (Å²) >= 11 is 0. The average Bonchev–Trinajstić information content (AvgIpc) is 2.89. The van der Waals surface area contributed by atoms with Crippen molar-refractivity contribution in [1.82, 2.24) is 10.6 Å². The number of nitrogens with one attached hydrogen (secondary N) is 2. The molecule has 110 valence electrons. The van der Waals surface area contributed by atoms with Crippen LogP contribution in [0.2, 0.25) is 0 Å². The number of ether oxygens (including phenoxy) is 1. The summed E-state index contributed by atoms with van der Waals surface area (Å²) in [7, 11) is 0. The van der Waals surface area contributed by atoms with Gasteiger partial charge in [0.2, 0.25) is 0 Å². The zero-order chi connectivity index (χ0) is 14.3. The molecule has 1 heterocycles. The number of amides is 2. The van der Waals surface area contributed by atoms with Gasteiger partial charge in [-0.2, -0.15) is 0 Å². The van der Waals surface area contributed by atoms with Crippen molar-refractivity contribution >= 4 is 12.0 Å². The van der Waals surface area contributed by atoms with Gasteiger partial charge in [-0.1, -0.05) is 6.92 Å². The molecule has 0 saturated carbocycles. The zero-order valence-electron chi connectivity index (χ0n) is 11.7. The first-order chi connectivity index (χ1) is 8.98. The van der Waals surface area contributed by atoms with Crippen LogP contribution < -0.4 is 10.6 Å². The summed E-state index contributed by atoms with van der Waals surface area (Å²) in [6.45, 7) is 5.74. The summed E-state index contributed by atoms with van der Waals surface area (Å²) in [5.74, 6) is -0.362. The maximum absolute atomic E-state index is 11.6. The van der Waals surface area contributed by atoms with Crippen LogP contribution in [0.15, 0.2) is 0 Å². The average molecular weight is 272 g/mol. The summed E-state index contributed by atoms with van der Waals surface area (Å²) in [4.78, 5) is 22.6. The van der Waals surface area contributed by atoms with Crippen LogP contribution in [-0.2, 0) is 9.53 Å². The Balaban J connectivity index is 2.18. The van der Waals surface area contributed by atoms with Crippen molar-refractivity contribution in [3.8, 4) is 0 Å². The van der Waals surface area contributed by atoms with Gasteiger partial charge in [0, 0.05) is 26.3 Å². The first-order valence-electron chi connectivity index (χ1n) is 6.81. The van der Waals surface area contributed by atoms with Crippen molar-refractivity contribution in [2.75, 3.05) is 26.3 Å². The Morgan fingerprint density at radius 1 is 1.42 bits per heavy atom. The predicted octanol–water partition coefficient (Wildman–Crippen LogP) is 1.21. The molecule has 0 bridgehead atoms. The third-order valence-electron chi connectivity index (χ3n) is 3.80. The Morgan fingerprint density at radius 2 is 2.16 bits per heavy atom. The van der Waals surface area contributed by atoms with Gasteiger partial charge < -0.3 is 20.5 Å². The Hall–Kier alpha value is -1.30. The first kappa shape index (κ1) is 15.8. The highest BCUT2D eigenvalue weighted by Gasteiger charge is 2.31. The van der Waals surface area contributed by atoms with Gasteiger partial charge in [-0.3, -0.25) is 4.79 Å². The van der Waals surface area contributed by atoms with Gasteiger partial charge in [0.25, 0.3) is 0 Å². The molecular formula is C13H24N2O4. The van der Waals surface area contributed by atoms with Gasteiger partial charge in [0.05, 0.1) is 5.41 Å². The Bertz CT molecular complexity index is 316. The molecular weight excluding hydrogens is 248 g/mol. The molecule has 1 aliphatic heterocycles. The second-order valence-electron chi connectivity index (χ2n) is 5.35. The van der Waals surface area contributed by atoms with Crippen molar-refractivity contribution in [2.24, 2.45) is 11.3 Å². The van der Waals surface area contributed by atoms with Gasteiger partial charge in [0.1, 0.15) is 0 Å². The number of hydrogen-bond donors (Lipinski definition) is 3. The third-order valence-corrected chi connectivity index (χ3v) is 3.80. The molecule has 0 aromatic carbocycles. The second-order valence-corrected chi connectivity index (χ2v) is 5.35. The molecule has 2 amide bonds. The Kier molecular flexibility index (Phi) is 6.08. The minimum atomic E-state index is -0.906. The highest BCUT2D eigenvalue weighted by molar-refractivity contribution is 5.77. The van der Waals surface area contributed by atoms with E-state index in [0.29, 0.717) is 18.9 Å². The number of rotatable bonds is 7. The van der Waals surface area contributed by atoms with Crippen LogP contribution in [0, 0.1) is 11.3 Å². The van der Waals surface area contributed by atoms with Crippen LogP contribution in [0.5, 0.6) is 0 Å². The normalized spacial score (nSPS) is 21.7. The highest BCUT2D eigenvalue weighted by Crippen LogP contribution is 2.19. The monoisotopic (exact) mass is 272 g/mol. The summed E-state index contributed by atoms with van der Waals surface area (Å²) in [6.07, 6.45) is 2.43. The van der Waals surface area contributed by atoms with Gasteiger partial charge in [-0.25, -0.2) is 4.79 Å². The van der Waals surface area contributed by atoms with Crippen LogP contribution >= 0.6 is 0 Å². The lowest BCUT2D eigenvalue weighted by atomic mass is 9.88. The molecule has 19 heavy (non-hydrogen) atoms. The standard InChI is InChI=1S/C13H24N2O4/c1-3-13(2,11(16)17)9-15-12(18)14-6-4-10-5-7-19-8-10/h10H,3-9H2,1-2H3,(H,16,17)(H2,14,15,18). The van der Waals surface area contributed by atoms with E-state index in [-0.39, 0.29) is 12.6 Å². The molecule has 2 unspecified atom stereocenters. The molecule has 0 aromatic heterocycles. The number of carbonyl (C=O) groups is 2. The quantitative estimate of drug-likeness (QED) is 0.650. The van der Waals surface area contributed by atoms with E-state index in [2.05, 4.69) is 10.6 Å². The summed E-state index contributed by atoms with van der Waals surface area (Å²) in [5.41, 5.74) is -0.906. The van der Waals surface area contributed by atoms with Crippen LogP contribution in [0.4, 0.5) is 4.79 Å². The molecule has 0 aliphatic carbocycles. The van der Waals surface area contributed by atoms with E-state index in [9.17, 15) is 9.59 Å². The third kappa shape index (κ3) is 5.06. The molecule has 0 aromatic rings. The Labute approximate surface area is 113 Å². The van der Waals surface area contributed by atoms with Crippen molar-refractivity contribution < 1.29 is 19.4 Å². The number of urea groups is 1. The topological polar surface area (TPSA) is 87.7 Å². The van der Waals surface area contributed by atoms with Crippen LogP contribution in [0.25, 0.3) is 0 Å². The molecule has 1 rings (SSSR count). The summed E-state index contributed by atoms with van der Waals surface area (Å²) in [6, 6.07) is -0.306. The minimum Gasteiger partial charge on any atom is -0.481 e. The van der Waals surface area contributed by atoms with E-state index in [1.165, 1.54) is 0 Å². The van der Waals surface area contributed by atoms with E-state index in [1.807, 2.05) is 0 Å². The first-order valence-corrected chi connectivity index (χ1v) is 6.81. The van der Waals surface area contributed by atoms with Gasteiger partial charge in [-0.15, -0.1) is 0 Å². The van der Waals surface area contributed by atoms with Crippen LogP contribution in [-0.4, -0.2) is 43.4 Å². The fourth-order valence-electron chi connectivity index (χ4n) is 1.89. The molecule has 1 fully saturated rings. The molecule has 0 radical (unpaired) electrons. The predicted molar refractivity (Wildman–Crippen MR) is 71.0 cm³/mol. The zero-order valence-corrected chi connectivity index (χ0v) is 11.7. The van der Waals surface area contributed by atoms with Crippen LogP contribution in [0.3, 0.4) is 0 Å². The number of carboxylic acid groups (broad SMARTS) is 1. The highest BCUT2D eigenvalue weighted by atomic mass is 16.5. The molecule has 2 atom stereocenters. The van der Waals surface area contributed by atoms with Crippen molar-refractivity contribution in [1.29, 1.82) is 0 Å². The van der Waals surface area contributed by atoms with Crippen molar-refractivity contribution in [2.45, 2.75) is 33.1 Å². The lowest BCUT2D eigenvalue weighted by Gasteiger charge is -2.23. The summed E-state index contributed by atoms with van der Waals surface area (Å²) < 4.78 is 5.25.